The highest BCUT2D eigenvalue weighted by Gasteiger charge is 2.08. The van der Waals surface area contributed by atoms with Gasteiger partial charge in [0, 0.05) is 37.1 Å². The van der Waals surface area contributed by atoms with Gasteiger partial charge in [0.25, 0.3) is 0 Å². The molecule has 0 saturated heterocycles. The van der Waals surface area contributed by atoms with Gasteiger partial charge in [0.1, 0.15) is 6.67 Å². The Kier molecular flexibility index (Phi) is 5.29. The van der Waals surface area contributed by atoms with Crippen LogP contribution in [0.2, 0.25) is 0 Å². The molecule has 0 aliphatic rings. The van der Waals surface area contributed by atoms with Gasteiger partial charge in [-0.15, -0.1) is 0 Å². The van der Waals surface area contributed by atoms with Crippen LogP contribution in [0.1, 0.15) is 37.6 Å². The molecule has 0 fully saturated rings. The first-order valence-corrected chi connectivity index (χ1v) is 7.05. The van der Waals surface area contributed by atoms with Crippen molar-refractivity contribution in [2.45, 2.75) is 45.9 Å². The smallest absolute Gasteiger partial charge is 0.109 e. The SMILES string of the molecule is CC[C@@H](C)n1nccc1CNCc1cnn(CCF)c1. The van der Waals surface area contributed by atoms with Crippen molar-refractivity contribution in [3.63, 3.8) is 0 Å². The molecule has 20 heavy (non-hydrogen) atoms. The number of rotatable bonds is 8. The second-order valence-electron chi connectivity index (χ2n) is 4.93. The minimum atomic E-state index is -0.386. The van der Waals surface area contributed by atoms with Crippen LogP contribution in [0, 0.1) is 0 Å². The molecule has 0 aliphatic heterocycles. The third-order valence-corrected chi connectivity index (χ3v) is 3.40. The van der Waals surface area contributed by atoms with Crippen molar-refractivity contribution < 1.29 is 4.39 Å². The lowest BCUT2D eigenvalue weighted by Crippen LogP contribution is -2.18. The molecule has 5 nitrogen and oxygen atoms in total. The Morgan fingerprint density at radius 3 is 2.95 bits per heavy atom. The molecular formula is C14H22FN5. The fourth-order valence-electron chi connectivity index (χ4n) is 2.09. The molecule has 2 aromatic rings. The molecule has 0 spiro atoms. The van der Waals surface area contributed by atoms with E-state index in [-0.39, 0.29) is 6.67 Å². The van der Waals surface area contributed by atoms with E-state index in [2.05, 4.69) is 34.0 Å². The summed E-state index contributed by atoms with van der Waals surface area (Å²) in [4.78, 5) is 0. The molecule has 2 rings (SSSR count). The molecule has 0 unspecified atom stereocenters. The van der Waals surface area contributed by atoms with Gasteiger partial charge in [0.05, 0.1) is 18.4 Å². The zero-order valence-corrected chi connectivity index (χ0v) is 12.1. The lowest BCUT2D eigenvalue weighted by atomic mass is 10.2. The maximum atomic E-state index is 12.2. The second kappa shape index (κ2) is 7.19. The first-order chi connectivity index (χ1) is 9.74. The first kappa shape index (κ1) is 14.7. The lowest BCUT2D eigenvalue weighted by molar-refractivity contribution is 0.427. The van der Waals surface area contributed by atoms with E-state index in [0.717, 1.165) is 25.1 Å². The van der Waals surface area contributed by atoms with Crippen molar-refractivity contribution in [3.05, 3.63) is 35.9 Å². The normalized spacial score (nSPS) is 12.8. The number of nitrogens with one attached hydrogen (secondary N) is 1. The van der Waals surface area contributed by atoms with E-state index in [1.54, 1.807) is 10.9 Å². The Labute approximate surface area is 118 Å². The Morgan fingerprint density at radius 2 is 2.20 bits per heavy atom. The van der Waals surface area contributed by atoms with Crippen LogP contribution in [0.15, 0.2) is 24.7 Å². The summed E-state index contributed by atoms with van der Waals surface area (Å²) < 4.78 is 15.9. The first-order valence-electron chi connectivity index (χ1n) is 7.05. The van der Waals surface area contributed by atoms with Gasteiger partial charge >= 0.3 is 0 Å². The van der Waals surface area contributed by atoms with Crippen molar-refractivity contribution in [2.75, 3.05) is 6.67 Å². The van der Waals surface area contributed by atoms with Crippen LogP contribution in [0.5, 0.6) is 0 Å². The van der Waals surface area contributed by atoms with Crippen molar-refractivity contribution in [3.8, 4) is 0 Å². The number of aryl methyl sites for hydroxylation is 1. The lowest BCUT2D eigenvalue weighted by Gasteiger charge is -2.13. The van der Waals surface area contributed by atoms with E-state index in [4.69, 9.17) is 0 Å². The summed E-state index contributed by atoms with van der Waals surface area (Å²) in [5, 5.41) is 11.8. The third kappa shape index (κ3) is 3.66. The third-order valence-electron chi connectivity index (χ3n) is 3.40. The molecule has 110 valence electrons. The monoisotopic (exact) mass is 279 g/mol. The van der Waals surface area contributed by atoms with Crippen LogP contribution in [0.25, 0.3) is 0 Å². The molecule has 1 N–H and O–H groups in total. The fourth-order valence-corrected chi connectivity index (χ4v) is 2.09. The van der Waals surface area contributed by atoms with Crippen molar-refractivity contribution in [2.24, 2.45) is 0 Å². The summed E-state index contributed by atoms with van der Waals surface area (Å²) in [6, 6.07) is 2.44. The average Bonchev–Trinajstić information content (AvgIpc) is 3.08. The number of hydrogen-bond acceptors (Lipinski definition) is 3. The molecule has 0 amide bonds. The predicted molar refractivity (Wildman–Crippen MR) is 76.0 cm³/mol. The average molecular weight is 279 g/mol. The summed E-state index contributed by atoms with van der Waals surface area (Å²) in [5.74, 6) is 0. The van der Waals surface area contributed by atoms with Crippen LogP contribution < -0.4 is 5.32 Å². The minimum Gasteiger partial charge on any atom is -0.307 e. The quantitative estimate of drug-likeness (QED) is 0.806. The van der Waals surface area contributed by atoms with Gasteiger partial charge in [0.15, 0.2) is 0 Å². The molecule has 2 aromatic heterocycles. The van der Waals surface area contributed by atoms with E-state index in [0.29, 0.717) is 12.6 Å². The van der Waals surface area contributed by atoms with E-state index >= 15 is 0 Å². The van der Waals surface area contributed by atoms with E-state index < -0.39 is 0 Å². The highest BCUT2D eigenvalue weighted by molar-refractivity contribution is 5.05. The molecule has 0 saturated carbocycles. The van der Waals surface area contributed by atoms with Gasteiger partial charge < -0.3 is 5.32 Å². The molecular weight excluding hydrogens is 257 g/mol. The van der Waals surface area contributed by atoms with Crippen molar-refractivity contribution in [1.29, 1.82) is 0 Å². The van der Waals surface area contributed by atoms with E-state index in [1.165, 1.54) is 5.69 Å². The highest BCUT2D eigenvalue weighted by Crippen LogP contribution is 2.12. The maximum absolute atomic E-state index is 12.2. The largest absolute Gasteiger partial charge is 0.307 e. The van der Waals surface area contributed by atoms with Crippen LogP contribution in [0.4, 0.5) is 4.39 Å². The molecule has 0 aliphatic carbocycles. The zero-order valence-electron chi connectivity index (χ0n) is 12.1. The molecule has 0 radical (unpaired) electrons. The second-order valence-corrected chi connectivity index (χ2v) is 4.93. The summed E-state index contributed by atoms with van der Waals surface area (Å²) >= 11 is 0. The van der Waals surface area contributed by atoms with Crippen LogP contribution in [0.3, 0.4) is 0 Å². The van der Waals surface area contributed by atoms with Gasteiger partial charge in [-0.1, -0.05) is 6.92 Å². The molecule has 2 heterocycles. The standard InChI is InChI=1S/C14H22FN5/c1-3-12(2)20-14(4-6-17-20)10-16-8-13-9-18-19(11-13)7-5-15/h4,6,9,11-12,16H,3,5,7-8,10H2,1-2H3/t12-/m1/s1. The summed E-state index contributed by atoms with van der Waals surface area (Å²) in [6.07, 6.45) is 6.54. The topological polar surface area (TPSA) is 47.7 Å². The van der Waals surface area contributed by atoms with E-state index in [9.17, 15) is 4.39 Å². The zero-order chi connectivity index (χ0) is 14.4. The highest BCUT2D eigenvalue weighted by atomic mass is 19.1. The van der Waals surface area contributed by atoms with Crippen LogP contribution in [-0.4, -0.2) is 26.2 Å². The Hall–Kier alpha value is -1.69. The molecule has 0 bridgehead atoms. The van der Waals surface area contributed by atoms with Gasteiger partial charge in [-0.2, -0.15) is 10.2 Å². The van der Waals surface area contributed by atoms with Crippen molar-refractivity contribution >= 4 is 0 Å². The maximum Gasteiger partial charge on any atom is 0.109 e. The molecule has 0 aromatic carbocycles. The number of halogens is 1. The van der Waals surface area contributed by atoms with Gasteiger partial charge in [-0.3, -0.25) is 9.36 Å². The summed E-state index contributed by atoms with van der Waals surface area (Å²) in [7, 11) is 0. The summed E-state index contributed by atoms with van der Waals surface area (Å²) in [5.41, 5.74) is 2.24. The number of nitrogens with zero attached hydrogens (tertiary/aromatic N) is 4. The Balaban J connectivity index is 1.84. The predicted octanol–water partition coefficient (Wildman–Crippen LogP) is 2.31. The molecule has 6 heteroatoms. The van der Waals surface area contributed by atoms with Gasteiger partial charge in [-0.25, -0.2) is 4.39 Å². The minimum absolute atomic E-state index is 0.320. The summed E-state index contributed by atoms with van der Waals surface area (Å²) in [6.45, 7) is 5.74. The van der Waals surface area contributed by atoms with Crippen LogP contribution >= 0.6 is 0 Å². The molecule has 1 atom stereocenters. The Morgan fingerprint density at radius 1 is 1.35 bits per heavy atom. The number of alkyl halides is 1. The van der Waals surface area contributed by atoms with Gasteiger partial charge in [-0.05, 0) is 19.4 Å². The van der Waals surface area contributed by atoms with Crippen molar-refractivity contribution in [1.82, 2.24) is 24.9 Å². The van der Waals surface area contributed by atoms with Crippen LogP contribution in [-0.2, 0) is 19.6 Å². The van der Waals surface area contributed by atoms with Gasteiger partial charge in [0.2, 0.25) is 0 Å². The van der Waals surface area contributed by atoms with E-state index in [1.807, 2.05) is 18.5 Å². The number of hydrogen-bond donors (Lipinski definition) is 1. The number of aromatic nitrogens is 4. The Bertz CT molecular complexity index is 519. The fraction of sp³-hybridized carbons (Fsp3) is 0.571.